The van der Waals surface area contributed by atoms with E-state index in [4.69, 9.17) is 0 Å². The Bertz CT molecular complexity index is 834. The number of aryl methyl sites for hydroxylation is 2. The molecule has 1 aliphatic rings. The van der Waals surface area contributed by atoms with E-state index in [1.807, 2.05) is 19.9 Å². The average molecular weight is 352 g/mol. The van der Waals surface area contributed by atoms with Crippen LogP contribution in [-0.4, -0.2) is 14.9 Å². The molecule has 0 amide bonds. The molecule has 1 heterocycles. The van der Waals surface area contributed by atoms with Crippen LogP contribution in [0.15, 0.2) is 29.1 Å². The molecule has 3 rings (SSSR count). The van der Waals surface area contributed by atoms with Crippen molar-refractivity contribution in [3.05, 3.63) is 62.6 Å². The zero-order valence-corrected chi connectivity index (χ0v) is 14.0. The van der Waals surface area contributed by atoms with Crippen LogP contribution in [0.2, 0.25) is 0 Å². The summed E-state index contributed by atoms with van der Waals surface area (Å²) in [6, 6.07) is 6.27. The highest BCUT2D eigenvalue weighted by molar-refractivity contribution is 5.30. The summed E-state index contributed by atoms with van der Waals surface area (Å²) in [7, 11) is 0. The Kier molecular flexibility index (Phi) is 4.45. The van der Waals surface area contributed by atoms with Crippen LogP contribution < -0.4 is 5.56 Å². The van der Waals surface area contributed by atoms with E-state index in [0.29, 0.717) is 5.56 Å². The van der Waals surface area contributed by atoms with Crippen molar-refractivity contribution in [1.29, 1.82) is 0 Å². The zero-order valence-electron chi connectivity index (χ0n) is 14.0. The molecule has 4 nitrogen and oxygen atoms in total. The third kappa shape index (κ3) is 3.92. The highest BCUT2D eigenvalue weighted by Gasteiger charge is 2.37. The van der Waals surface area contributed by atoms with Gasteiger partial charge in [0.25, 0.3) is 5.56 Å². The first-order valence-corrected chi connectivity index (χ1v) is 8.10. The molecule has 2 aromatic rings. The lowest BCUT2D eigenvalue weighted by Crippen LogP contribution is -2.33. The van der Waals surface area contributed by atoms with Crippen molar-refractivity contribution in [2.75, 3.05) is 0 Å². The minimum Gasteiger partial charge on any atom is -0.386 e. The summed E-state index contributed by atoms with van der Waals surface area (Å²) in [5.41, 5.74) is 0.225. The third-order valence-electron chi connectivity index (χ3n) is 4.27. The number of rotatable bonds is 4. The summed E-state index contributed by atoms with van der Waals surface area (Å²) in [4.78, 5) is 12.2. The normalized spacial score (nSPS) is 16.1. The first-order chi connectivity index (χ1) is 11.6. The van der Waals surface area contributed by atoms with Gasteiger partial charge >= 0.3 is 6.18 Å². The lowest BCUT2D eigenvalue weighted by atomic mass is 10.0. The molecule has 1 aliphatic carbocycles. The Labute approximate surface area is 142 Å². The topological polar surface area (TPSA) is 55.1 Å². The van der Waals surface area contributed by atoms with Crippen molar-refractivity contribution < 1.29 is 18.3 Å². The Balaban J connectivity index is 1.98. The fraction of sp³-hybridized carbons (Fsp3) is 0.444. The van der Waals surface area contributed by atoms with Crippen LogP contribution in [0.4, 0.5) is 13.2 Å². The van der Waals surface area contributed by atoms with Crippen LogP contribution in [0.5, 0.6) is 0 Å². The molecular formula is C18H19F3N2O2. The summed E-state index contributed by atoms with van der Waals surface area (Å²) >= 11 is 0. The smallest absolute Gasteiger partial charge is 0.386 e. The summed E-state index contributed by atoms with van der Waals surface area (Å²) in [5, 5.41) is 14.5. The Hall–Kier alpha value is -2.15. The van der Waals surface area contributed by atoms with Crippen LogP contribution in [0.25, 0.3) is 0 Å². The fourth-order valence-corrected chi connectivity index (χ4v) is 2.94. The number of halogens is 3. The van der Waals surface area contributed by atoms with Gasteiger partial charge in [0.2, 0.25) is 0 Å². The van der Waals surface area contributed by atoms with Gasteiger partial charge in [-0.3, -0.25) is 4.79 Å². The predicted molar refractivity (Wildman–Crippen MR) is 86.3 cm³/mol. The molecule has 25 heavy (non-hydrogen) atoms. The van der Waals surface area contributed by atoms with Crippen LogP contribution in [-0.2, 0) is 12.7 Å². The molecule has 0 aliphatic heterocycles. The average Bonchev–Trinajstić information content (AvgIpc) is 3.31. The fourth-order valence-electron chi connectivity index (χ4n) is 2.94. The van der Waals surface area contributed by atoms with Crippen molar-refractivity contribution in [2.24, 2.45) is 0 Å². The molecule has 0 saturated heterocycles. The van der Waals surface area contributed by atoms with E-state index in [0.717, 1.165) is 34.7 Å². The van der Waals surface area contributed by atoms with Gasteiger partial charge in [-0.15, -0.1) is 0 Å². The van der Waals surface area contributed by atoms with Crippen molar-refractivity contribution in [2.45, 2.75) is 51.4 Å². The molecule has 0 spiro atoms. The van der Waals surface area contributed by atoms with Gasteiger partial charge in [0.05, 0.1) is 18.3 Å². The first kappa shape index (κ1) is 17.7. The number of aromatic nitrogens is 2. The van der Waals surface area contributed by atoms with E-state index in [9.17, 15) is 23.1 Å². The molecule has 7 heteroatoms. The SMILES string of the molecule is Cc1cc(C)cc(C(O)Cn2nc(C3CC3)cc(C(F)(F)F)c2=O)c1. The number of hydrogen-bond donors (Lipinski definition) is 1. The standard InChI is InChI=1S/C18H19F3N2O2/c1-10-5-11(2)7-13(6-10)16(24)9-23-17(25)14(18(19,20)21)8-15(22-23)12-3-4-12/h5-8,12,16,24H,3-4,9H2,1-2H3. The van der Waals surface area contributed by atoms with Gasteiger partial charge < -0.3 is 5.11 Å². The summed E-state index contributed by atoms with van der Waals surface area (Å²) in [5.74, 6) is -0.0358. The van der Waals surface area contributed by atoms with Crippen molar-refractivity contribution >= 4 is 0 Å². The number of hydrogen-bond acceptors (Lipinski definition) is 3. The quantitative estimate of drug-likeness (QED) is 0.916. The summed E-state index contributed by atoms with van der Waals surface area (Å²) < 4.78 is 40.2. The molecule has 0 radical (unpaired) electrons. The minimum atomic E-state index is -4.74. The molecule has 1 atom stereocenters. The second kappa shape index (κ2) is 6.29. The molecule has 1 unspecified atom stereocenters. The third-order valence-corrected chi connectivity index (χ3v) is 4.27. The van der Waals surface area contributed by atoms with Crippen LogP contribution in [0.3, 0.4) is 0 Å². The largest absolute Gasteiger partial charge is 0.421 e. The maximum Gasteiger partial charge on any atom is 0.421 e. The van der Waals surface area contributed by atoms with Gasteiger partial charge in [-0.05, 0) is 38.3 Å². The lowest BCUT2D eigenvalue weighted by Gasteiger charge is -2.16. The maximum atomic E-state index is 13.2. The molecule has 1 aromatic heterocycles. The van der Waals surface area contributed by atoms with Crippen molar-refractivity contribution in [3.8, 4) is 0 Å². The highest BCUT2D eigenvalue weighted by Crippen LogP contribution is 2.40. The second-order valence-corrected chi connectivity index (χ2v) is 6.68. The highest BCUT2D eigenvalue weighted by atomic mass is 19.4. The number of benzene rings is 1. The molecule has 1 N–H and O–H groups in total. The van der Waals surface area contributed by atoms with E-state index in [1.165, 1.54) is 0 Å². The molecule has 0 bridgehead atoms. The predicted octanol–water partition coefficient (Wildman–Crippen LogP) is 3.49. The molecule has 1 aromatic carbocycles. The van der Waals surface area contributed by atoms with Gasteiger partial charge in [-0.25, -0.2) is 4.68 Å². The van der Waals surface area contributed by atoms with Crippen LogP contribution in [0.1, 0.15) is 52.8 Å². The number of aliphatic hydroxyl groups excluding tert-OH is 1. The van der Waals surface area contributed by atoms with E-state index in [-0.39, 0.29) is 18.2 Å². The van der Waals surface area contributed by atoms with Gasteiger partial charge in [0.1, 0.15) is 5.56 Å². The van der Waals surface area contributed by atoms with Gasteiger partial charge in [0, 0.05) is 5.92 Å². The van der Waals surface area contributed by atoms with Gasteiger partial charge in [0.15, 0.2) is 0 Å². The van der Waals surface area contributed by atoms with E-state index in [2.05, 4.69) is 5.10 Å². The summed E-state index contributed by atoms with van der Waals surface area (Å²) in [6.45, 7) is 3.41. The monoisotopic (exact) mass is 352 g/mol. The minimum absolute atomic E-state index is 0.0358. The van der Waals surface area contributed by atoms with Crippen LogP contribution >= 0.6 is 0 Å². The Morgan fingerprint density at radius 2 is 1.80 bits per heavy atom. The number of nitrogens with zero attached hydrogens (tertiary/aromatic N) is 2. The van der Waals surface area contributed by atoms with Crippen molar-refractivity contribution in [1.82, 2.24) is 9.78 Å². The summed E-state index contributed by atoms with van der Waals surface area (Å²) in [6.07, 6.45) is -4.32. The Morgan fingerprint density at radius 1 is 1.20 bits per heavy atom. The first-order valence-electron chi connectivity index (χ1n) is 8.10. The number of alkyl halides is 3. The van der Waals surface area contributed by atoms with E-state index in [1.54, 1.807) is 12.1 Å². The molecule has 1 saturated carbocycles. The van der Waals surface area contributed by atoms with E-state index >= 15 is 0 Å². The van der Waals surface area contributed by atoms with E-state index < -0.39 is 23.4 Å². The molecular weight excluding hydrogens is 333 g/mol. The van der Waals surface area contributed by atoms with Gasteiger partial charge in [-0.2, -0.15) is 18.3 Å². The lowest BCUT2D eigenvalue weighted by molar-refractivity contribution is -0.139. The van der Waals surface area contributed by atoms with Crippen LogP contribution in [0, 0.1) is 13.8 Å². The maximum absolute atomic E-state index is 13.2. The van der Waals surface area contributed by atoms with Gasteiger partial charge in [-0.1, -0.05) is 29.3 Å². The number of aliphatic hydroxyl groups is 1. The second-order valence-electron chi connectivity index (χ2n) is 6.68. The van der Waals surface area contributed by atoms with Crippen molar-refractivity contribution in [3.63, 3.8) is 0 Å². The Morgan fingerprint density at radius 3 is 2.32 bits per heavy atom. The molecule has 1 fully saturated rings. The molecule has 134 valence electrons. The zero-order chi connectivity index (χ0) is 18.4.